The summed E-state index contributed by atoms with van der Waals surface area (Å²) in [6.45, 7) is 3.14. The van der Waals surface area contributed by atoms with E-state index in [1.165, 1.54) is 11.8 Å². The quantitative estimate of drug-likeness (QED) is 0.821. The summed E-state index contributed by atoms with van der Waals surface area (Å²) < 4.78 is 1.98. The molecule has 0 aromatic carbocycles. The molecule has 0 bridgehead atoms. The highest BCUT2D eigenvalue weighted by atomic mass is 32.2. The van der Waals surface area contributed by atoms with Crippen LogP contribution in [0.5, 0.6) is 0 Å². The van der Waals surface area contributed by atoms with Crippen molar-refractivity contribution in [3.05, 3.63) is 35.4 Å². The van der Waals surface area contributed by atoms with Gasteiger partial charge in [-0.05, 0) is 18.6 Å². The Labute approximate surface area is 115 Å². The van der Waals surface area contributed by atoms with Crippen molar-refractivity contribution in [1.29, 1.82) is 5.26 Å². The van der Waals surface area contributed by atoms with Gasteiger partial charge in [0.05, 0.1) is 0 Å². The summed E-state index contributed by atoms with van der Waals surface area (Å²) >= 11 is 1.53. The molecule has 2 N–H and O–H groups in total. The topological polar surface area (TPSA) is 93.4 Å². The van der Waals surface area contributed by atoms with E-state index < -0.39 is 0 Å². The third-order valence-corrected chi connectivity index (χ3v) is 3.62. The number of hydrogen-bond acceptors (Lipinski definition) is 6. The van der Waals surface area contributed by atoms with Crippen LogP contribution in [0.4, 0.5) is 0 Å². The number of pyridine rings is 1. The lowest BCUT2D eigenvalue weighted by molar-refractivity contribution is 0.627. The van der Waals surface area contributed by atoms with Gasteiger partial charge in [0.2, 0.25) is 0 Å². The molecule has 0 saturated heterocycles. The highest BCUT2D eigenvalue weighted by Crippen LogP contribution is 2.22. The van der Waals surface area contributed by atoms with E-state index in [0.29, 0.717) is 24.5 Å². The highest BCUT2D eigenvalue weighted by molar-refractivity contribution is 7.98. The molecule has 0 aliphatic heterocycles. The minimum absolute atomic E-state index is 0.455. The summed E-state index contributed by atoms with van der Waals surface area (Å²) in [6.07, 6.45) is 1.62. The highest BCUT2D eigenvalue weighted by Gasteiger charge is 2.10. The predicted molar refractivity (Wildman–Crippen MR) is 72.3 cm³/mol. The molecule has 0 spiro atoms. The predicted octanol–water partition coefficient (Wildman–Crippen LogP) is 1.10. The molecule has 19 heavy (non-hydrogen) atoms. The molecule has 2 heterocycles. The Morgan fingerprint density at radius 3 is 3.05 bits per heavy atom. The maximum Gasteiger partial charge on any atom is 0.191 e. The Kier molecular flexibility index (Phi) is 4.49. The first-order valence-electron chi connectivity index (χ1n) is 5.83. The molecular weight excluding hydrogens is 260 g/mol. The first kappa shape index (κ1) is 13.5. The molecule has 0 aliphatic rings. The van der Waals surface area contributed by atoms with Crippen molar-refractivity contribution in [3.63, 3.8) is 0 Å². The number of thioether (sulfide) groups is 1. The van der Waals surface area contributed by atoms with Gasteiger partial charge < -0.3 is 10.3 Å². The minimum Gasteiger partial charge on any atom is -0.329 e. The molecule has 0 aliphatic carbocycles. The van der Waals surface area contributed by atoms with Gasteiger partial charge >= 0.3 is 0 Å². The lowest BCUT2D eigenvalue weighted by atomic mass is 10.2. The zero-order valence-corrected chi connectivity index (χ0v) is 11.4. The molecular formula is C12H14N6S. The number of nitriles is 1. The molecule has 2 rings (SSSR count). The van der Waals surface area contributed by atoms with Gasteiger partial charge in [-0.1, -0.05) is 17.8 Å². The Morgan fingerprint density at radius 2 is 2.32 bits per heavy atom. The van der Waals surface area contributed by atoms with Crippen LogP contribution < -0.4 is 5.73 Å². The number of hydrogen-bond donors (Lipinski definition) is 1. The van der Waals surface area contributed by atoms with Gasteiger partial charge in [-0.15, -0.1) is 10.2 Å². The second kappa shape index (κ2) is 6.31. The molecule has 2 aromatic heterocycles. The lowest BCUT2D eigenvalue weighted by Crippen LogP contribution is -2.12. The number of aryl methyl sites for hydroxylation is 1. The maximum atomic E-state index is 8.99. The van der Waals surface area contributed by atoms with Crippen molar-refractivity contribution in [2.75, 3.05) is 6.54 Å². The summed E-state index contributed by atoms with van der Waals surface area (Å²) in [5.74, 6) is 1.49. The van der Waals surface area contributed by atoms with Crippen LogP contribution in [0, 0.1) is 18.3 Å². The van der Waals surface area contributed by atoms with Crippen molar-refractivity contribution in [2.24, 2.45) is 5.73 Å². The van der Waals surface area contributed by atoms with Crippen LogP contribution in [0.25, 0.3) is 0 Å². The van der Waals surface area contributed by atoms with E-state index in [0.717, 1.165) is 16.5 Å². The largest absolute Gasteiger partial charge is 0.329 e. The van der Waals surface area contributed by atoms with E-state index in [9.17, 15) is 0 Å². The van der Waals surface area contributed by atoms with Gasteiger partial charge in [0.15, 0.2) is 5.16 Å². The van der Waals surface area contributed by atoms with Crippen molar-refractivity contribution in [3.8, 4) is 6.07 Å². The van der Waals surface area contributed by atoms with Crippen molar-refractivity contribution >= 4 is 11.8 Å². The average molecular weight is 274 g/mol. The van der Waals surface area contributed by atoms with Crippen LogP contribution in [-0.2, 0) is 12.3 Å². The van der Waals surface area contributed by atoms with Gasteiger partial charge in [-0.3, -0.25) is 0 Å². The monoisotopic (exact) mass is 274 g/mol. The maximum absolute atomic E-state index is 8.99. The Hall–Kier alpha value is -1.91. The Bertz CT molecular complexity index is 601. The Balaban J connectivity index is 2.13. The molecule has 0 radical (unpaired) electrons. The molecule has 0 amide bonds. The van der Waals surface area contributed by atoms with Crippen LogP contribution >= 0.6 is 11.8 Å². The summed E-state index contributed by atoms with van der Waals surface area (Å²) in [7, 11) is 0. The van der Waals surface area contributed by atoms with Gasteiger partial charge in [0.25, 0.3) is 0 Å². The van der Waals surface area contributed by atoms with Crippen LogP contribution in [0.15, 0.2) is 23.5 Å². The van der Waals surface area contributed by atoms with E-state index >= 15 is 0 Å². The molecule has 0 fully saturated rings. The molecule has 2 aromatic rings. The number of rotatable bonds is 5. The van der Waals surface area contributed by atoms with Gasteiger partial charge in [0, 0.05) is 25.0 Å². The first-order valence-corrected chi connectivity index (χ1v) is 6.81. The normalized spacial score (nSPS) is 10.4. The van der Waals surface area contributed by atoms with E-state index in [1.807, 2.05) is 23.6 Å². The fourth-order valence-corrected chi connectivity index (χ4v) is 2.65. The molecule has 0 atom stereocenters. The fourth-order valence-electron chi connectivity index (χ4n) is 1.65. The lowest BCUT2D eigenvalue weighted by Gasteiger charge is -2.06. The van der Waals surface area contributed by atoms with E-state index in [4.69, 9.17) is 11.0 Å². The Morgan fingerprint density at radius 1 is 1.47 bits per heavy atom. The fraction of sp³-hybridized carbons (Fsp3) is 0.333. The molecule has 0 saturated carbocycles. The summed E-state index contributed by atoms with van der Waals surface area (Å²) in [6, 6.07) is 5.81. The first-order chi connectivity index (χ1) is 9.26. The van der Waals surface area contributed by atoms with Crippen molar-refractivity contribution in [1.82, 2.24) is 19.7 Å². The van der Waals surface area contributed by atoms with Gasteiger partial charge in [-0.25, -0.2) is 4.98 Å². The zero-order chi connectivity index (χ0) is 13.7. The van der Waals surface area contributed by atoms with E-state index in [1.54, 1.807) is 6.20 Å². The van der Waals surface area contributed by atoms with Crippen LogP contribution in [-0.4, -0.2) is 26.3 Å². The summed E-state index contributed by atoms with van der Waals surface area (Å²) in [5, 5.41) is 18.0. The molecule has 6 nitrogen and oxygen atoms in total. The average Bonchev–Trinajstić information content (AvgIpc) is 2.78. The second-order valence-corrected chi connectivity index (χ2v) is 4.82. The summed E-state index contributed by atoms with van der Waals surface area (Å²) in [5.41, 5.74) is 6.93. The molecule has 98 valence electrons. The van der Waals surface area contributed by atoms with Crippen molar-refractivity contribution in [2.45, 2.75) is 24.4 Å². The van der Waals surface area contributed by atoms with E-state index in [-0.39, 0.29) is 0 Å². The SMILES string of the molecule is Cc1nnc(SCc2cccnc2C#N)n1CCN. The van der Waals surface area contributed by atoms with Gasteiger partial charge in [-0.2, -0.15) is 5.26 Å². The third-order valence-electron chi connectivity index (χ3n) is 2.61. The molecule has 0 unspecified atom stereocenters. The van der Waals surface area contributed by atoms with Crippen molar-refractivity contribution < 1.29 is 0 Å². The second-order valence-electron chi connectivity index (χ2n) is 3.88. The van der Waals surface area contributed by atoms with Crippen LogP contribution in [0.2, 0.25) is 0 Å². The zero-order valence-electron chi connectivity index (χ0n) is 10.6. The minimum atomic E-state index is 0.455. The number of aromatic nitrogens is 4. The van der Waals surface area contributed by atoms with E-state index in [2.05, 4.69) is 21.3 Å². The van der Waals surface area contributed by atoms with Crippen LogP contribution in [0.3, 0.4) is 0 Å². The number of nitrogens with two attached hydrogens (primary N) is 1. The summed E-state index contributed by atoms with van der Waals surface area (Å²) in [4.78, 5) is 4.04. The third kappa shape index (κ3) is 3.10. The number of nitrogens with zero attached hydrogens (tertiary/aromatic N) is 5. The smallest absolute Gasteiger partial charge is 0.191 e. The standard InChI is InChI=1S/C12H14N6S/c1-9-16-17-12(18(9)6-4-13)19-8-10-3-2-5-15-11(10)7-14/h2-3,5H,4,6,8,13H2,1H3. The van der Waals surface area contributed by atoms with Crippen LogP contribution in [0.1, 0.15) is 17.1 Å². The molecule has 7 heteroatoms. The van der Waals surface area contributed by atoms with Gasteiger partial charge in [0.1, 0.15) is 17.6 Å².